The van der Waals surface area contributed by atoms with Gasteiger partial charge in [-0.15, -0.1) is 0 Å². The Hall–Kier alpha value is -2.17. The molecule has 1 N–H and O–H groups in total. The Morgan fingerprint density at radius 3 is 2.59 bits per heavy atom. The van der Waals surface area contributed by atoms with Crippen LogP contribution in [0.15, 0.2) is 54.6 Å². The summed E-state index contributed by atoms with van der Waals surface area (Å²) >= 11 is 0. The van der Waals surface area contributed by atoms with Crippen LogP contribution in [0.25, 0.3) is 0 Å². The van der Waals surface area contributed by atoms with Gasteiger partial charge < -0.3 is 14.9 Å². The van der Waals surface area contributed by atoms with Gasteiger partial charge >= 0.3 is 0 Å². The summed E-state index contributed by atoms with van der Waals surface area (Å²) in [4.78, 5) is 17.4. The molecule has 1 amide bonds. The molecule has 0 unspecified atom stereocenters. The van der Waals surface area contributed by atoms with Crippen LogP contribution in [0.3, 0.4) is 0 Å². The summed E-state index contributed by atoms with van der Waals surface area (Å²) in [5, 5.41) is 10.2. The molecule has 1 aliphatic rings. The number of likely N-dealkylation sites (tertiary alicyclic amines) is 1. The normalized spacial score (nSPS) is 21.7. The lowest BCUT2D eigenvalue weighted by Crippen LogP contribution is -2.43. The minimum Gasteiger partial charge on any atom is -0.394 e. The van der Waals surface area contributed by atoms with E-state index in [1.54, 1.807) is 0 Å². The molecule has 4 heteroatoms. The van der Waals surface area contributed by atoms with Gasteiger partial charge in [-0.3, -0.25) is 4.79 Å². The Labute approximate surface area is 175 Å². The SMILES string of the molecule is CC[C@@H]1CN(C(=O)c2cccc(C)c2)[C@H](CO)[C@@H]1CN(C)CCc1ccccc1. The molecule has 3 rings (SSSR count). The van der Waals surface area contributed by atoms with Gasteiger partial charge in [-0.05, 0) is 49.9 Å². The Morgan fingerprint density at radius 2 is 1.93 bits per heavy atom. The Morgan fingerprint density at radius 1 is 1.17 bits per heavy atom. The van der Waals surface area contributed by atoms with Gasteiger partial charge in [0.15, 0.2) is 0 Å². The third-order valence-electron chi connectivity index (χ3n) is 6.32. The molecule has 2 aromatic rings. The van der Waals surface area contributed by atoms with Crippen molar-refractivity contribution in [1.82, 2.24) is 9.80 Å². The molecule has 0 bridgehead atoms. The van der Waals surface area contributed by atoms with Crippen LogP contribution in [-0.2, 0) is 6.42 Å². The second kappa shape index (κ2) is 10.0. The van der Waals surface area contributed by atoms with E-state index in [9.17, 15) is 9.90 Å². The van der Waals surface area contributed by atoms with Crippen molar-refractivity contribution in [2.45, 2.75) is 32.7 Å². The third kappa shape index (κ3) is 5.26. The monoisotopic (exact) mass is 394 g/mol. The number of aliphatic hydroxyl groups is 1. The maximum absolute atomic E-state index is 13.2. The van der Waals surface area contributed by atoms with Crippen molar-refractivity contribution < 1.29 is 9.90 Å². The summed E-state index contributed by atoms with van der Waals surface area (Å²) in [7, 11) is 2.15. The lowest BCUT2D eigenvalue weighted by Gasteiger charge is -2.30. The second-order valence-corrected chi connectivity index (χ2v) is 8.41. The maximum Gasteiger partial charge on any atom is 0.254 e. The molecule has 0 aliphatic carbocycles. The zero-order valence-electron chi connectivity index (χ0n) is 17.9. The molecule has 1 fully saturated rings. The first kappa shape index (κ1) is 21.5. The van der Waals surface area contributed by atoms with Gasteiger partial charge in [0.05, 0.1) is 12.6 Å². The average Bonchev–Trinajstić information content (AvgIpc) is 3.09. The molecule has 29 heavy (non-hydrogen) atoms. The van der Waals surface area contributed by atoms with Crippen molar-refractivity contribution in [1.29, 1.82) is 0 Å². The van der Waals surface area contributed by atoms with Gasteiger partial charge in [-0.1, -0.05) is 61.4 Å². The molecule has 1 aliphatic heterocycles. The van der Waals surface area contributed by atoms with Gasteiger partial charge in [-0.25, -0.2) is 0 Å². The highest BCUT2D eigenvalue weighted by Crippen LogP contribution is 2.34. The minimum absolute atomic E-state index is 0.0191. The molecule has 0 aromatic heterocycles. The van der Waals surface area contributed by atoms with Gasteiger partial charge in [0, 0.05) is 25.2 Å². The van der Waals surface area contributed by atoms with Gasteiger partial charge in [-0.2, -0.15) is 0 Å². The second-order valence-electron chi connectivity index (χ2n) is 8.41. The highest BCUT2D eigenvalue weighted by Gasteiger charge is 2.43. The summed E-state index contributed by atoms with van der Waals surface area (Å²) in [5.41, 5.74) is 3.14. The van der Waals surface area contributed by atoms with E-state index in [4.69, 9.17) is 0 Å². The Kier molecular flexibility index (Phi) is 7.45. The van der Waals surface area contributed by atoms with Crippen LogP contribution in [0, 0.1) is 18.8 Å². The van der Waals surface area contributed by atoms with Gasteiger partial charge in [0.2, 0.25) is 0 Å². The first-order chi connectivity index (χ1) is 14.0. The number of hydrogen-bond acceptors (Lipinski definition) is 3. The number of nitrogens with zero attached hydrogens (tertiary/aromatic N) is 2. The Balaban J connectivity index is 1.68. The van der Waals surface area contributed by atoms with Crippen LogP contribution in [0.4, 0.5) is 0 Å². The summed E-state index contributed by atoms with van der Waals surface area (Å²) in [6.07, 6.45) is 2.03. The number of carbonyl (C=O) groups is 1. The molecule has 2 aromatic carbocycles. The lowest BCUT2D eigenvalue weighted by atomic mass is 9.88. The number of carbonyl (C=O) groups excluding carboxylic acids is 1. The largest absolute Gasteiger partial charge is 0.394 e. The average molecular weight is 395 g/mol. The van der Waals surface area contributed by atoms with E-state index in [1.807, 2.05) is 42.2 Å². The number of benzene rings is 2. The van der Waals surface area contributed by atoms with Crippen molar-refractivity contribution in [2.75, 3.05) is 33.3 Å². The summed E-state index contributed by atoms with van der Waals surface area (Å²) < 4.78 is 0. The predicted octanol–water partition coefficient (Wildman–Crippen LogP) is 3.63. The number of likely N-dealkylation sites (N-methyl/N-ethyl adjacent to an activating group) is 1. The topological polar surface area (TPSA) is 43.8 Å². The first-order valence-corrected chi connectivity index (χ1v) is 10.7. The fourth-order valence-corrected chi connectivity index (χ4v) is 4.60. The quantitative estimate of drug-likeness (QED) is 0.744. The minimum atomic E-state index is -0.118. The highest BCUT2D eigenvalue weighted by atomic mass is 16.3. The van der Waals surface area contributed by atoms with Crippen LogP contribution < -0.4 is 0 Å². The van der Waals surface area contributed by atoms with Crippen molar-refractivity contribution in [3.05, 3.63) is 71.3 Å². The maximum atomic E-state index is 13.2. The summed E-state index contributed by atoms with van der Waals surface area (Å²) in [5.74, 6) is 0.750. The van der Waals surface area contributed by atoms with Gasteiger partial charge in [0.1, 0.15) is 0 Å². The van der Waals surface area contributed by atoms with Gasteiger partial charge in [0.25, 0.3) is 5.91 Å². The van der Waals surface area contributed by atoms with E-state index in [0.717, 1.165) is 43.6 Å². The number of rotatable bonds is 8. The fourth-order valence-electron chi connectivity index (χ4n) is 4.60. The van der Waals surface area contributed by atoms with Crippen molar-refractivity contribution in [3.63, 3.8) is 0 Å². The predicted molar refractivity (Wildman–Crippen MR) is 118 cm³/mol. The number of aliphatic hydroxyl groups excluding tert-OH is 1. The fraction of sp³-hybridized carbons (Fsp3) is 0.480. The van der Waals surface area contributed by atoms with E-state index < -0.39 is 0 Å². The molecule has 4 nitrogen and oxygen atoms in total. The number of aryl methyl sites for hydroxylation is 1. The first-order valence-electron chi connectivity index (χ1n) is 10.7. The smallest absolute Gasteiger partial charge is 0.254 e. The molecule has 1 saturated heterocycles. The molecular formula is C25H34N2O2. The van der Waals surface area contributed by atoms with E-state index in [2.05, 4.69) is 43.1 Å². The third-order valence-corrected chi connectivity index (χ3v) is 6.32. The van der Waals surface area contributed by atoms with Crippen molar-refractivity contribution in [3.8, 4) is 0 Å². The number of amides is 1. The molecule has 3 atom stereocenters. The Bertz CT molecular complexity index is 792. The van der Waals surface area contributed by atoms with Crippen LogP contribution >= 0.6 is 0 Å². The number of hydrogen-bond donors (Lipinski definition) is 1. The molecule has 1 heterocycles. The molecular weight excluding hydrogens is 360 g/mol. The van der Waals surface area contributed by atoms with E-state index in [1.165, 1.54) is 5.56 Å². The molecule has 0 radical (unpaired) electrons. The van der Waals surface area contributed by atoms with Crippen LogP contribution in [-0.4, -0.2) is 60.1 Å². The zero-order chi connectivity index (χ0) is 20.8. The molecule has 156 valence electrons. The van der Waals surface area contributed by atoms with E-state index in [0.29, 0.717) is 11.8 Å². The van der Waals surface area contributed by atoms with Crippen molar-refractivity contribution in [2.24, 2.45) is 11.8 Å². The van der Waals surface area contributed by atoms with E-state index >= 15 is 0 Å². The summed E-state index contributed by atoms with van der Waals surface area (Å²) in [6, 6.07) is 18.2. The summed E-state index contributed by atoms with van der Waals surface area (Å²) in [6.45, 7) is 6.81. The van der Waals surface area contributed by atoms with E-state index in [-0.39, 0.29) is 18.6 Å². The van der Waals surface area contributed by atoms with Crippen LogP contribution in [0.2, 0.25) is 0 Å². The van der Waals surface area contributed by atoms with Crippen molar-refractivity contribution >= 4 is 5.91 Å². The van der Waals surface area contributed by atoms with Crippen LogP contribution in [0.5, 0.6) is 0 Å². The molecule has 0 saturated carbocycles. The standard InChI is InChI=1S/C25H34N2O2/c1-4-21-16-27(25(29)22-12-8-9-19(2)15-22)24(18-28)23(21)17-26(3)14-13-20-10-6-5-7-11-20/h5-12,15,21,23-24,28H,4,13-14,16-18H2,1-3H3/t21-,23-,24-/m1/s1. The molecule has 0 spiro atoms. The highest BCUT2D eigenvalue weighted by molar-refractivity contribution is 5.94. The zero-order valence-corrected chi connectivity index (χ0v) is 17.9. The van der Waals surface area contributed by atoms with Crippen LogP contribution in [0.1, 0.15) is 34.8 Å². The lowest BCUT2D eigenvalue weighted by molar-refractivity contribution is 0.0623.